The van der Waals surface area contributed by atoms with Gasteiger partial charge in [-0.25, -0.2) is 9.48 Å². The monoisotopic (exact) mass is 389 g/mol. The van der Waals surface area contributed by atoms with Gasteiger partial charge >= 0.3 is 6.09 Å². The first-order valence-electron chi connectivity index (χ1n) is 8.93. The minimum absolute atomic E-state index is 0.165. The van der Waals surface area contributed by atoms with Crippen LogP contribution in [0.15, 0.2) is 71.2 Å². The Bertz CT molecular complexity index is 1270. The molecule has 0 atom stereocenters. The minimum atomic E-state index is -0.601. The molecule has 3 aromatic rings. The molecule has 1 aliphatic rings. The lowest BCUT2D eigenvalue weighted by Gasteiger charge is -2.27. The molecule has 1 aromatic heterocycles. The van der Waals surface area contributed by atoms with Crippen molar-refractivity contribution in [2.24, 2.45) is 0 Å². The molecule has 0 bridgehead atoms. The third-order valence-corrected chi connectivity index (χ3v) is 4.63. The summed E-state index contributed by atoms with van der Waals surface area (Å²) in [6.45, 7) is 5.68. The normalized spacial score (nSPS) is 15.7. The first-order valence-corrected chi connectivity index (χ1v) is 8.93. The second kappa shape index (κ2) is 7.20. The summed E-state index contributed by atoms with van der Waals surface area (Å²) in [5, 5.41) is 3.52. The standard InChI is InChI=1S/C22H19N3O4/c1-14-13-19(29-22(27)24(14)16-9-11-18(28-3)12-10-16)20-15(2)23-25(21(20)26)17-7-5-4-6-8-17/h4-13,23H,2H2,1,3H3/b20-19+. The first kappa shape index (κ1) is 18.4. The fourth-order valence-corrected chi connectivity index (χ4v) is 3.23. The van der Waals surface area contributed by atoms with Crippen molar-refractivity contribution in [1.82, 2.24) is 9.78 Å². The Kier molecular flexibility index (Phi) is 4.56. The Morgan fingerprint density at radius 2 is 1.69 bits per heavy atom. The molecule has 1 amide bonds. The van der Waals surface area contributed by atoms with Crippen molar-refractivity contribution < 1.29 is 14.3 Å². The predicted molar refractivity (Wildman–Crippen MR) is 110 cm³/mol. The molecular weight excluding hydrogens is 370 g/mol. The van der Waals surface area contributed by atoms with Gasteiger partial charge in [0.05, 0.1) is 23.8 Å². The van der Waals surface area contributed by atoms with Gasteiger partial charge in [-0.3, -0.25) is 14.8 Å². The number of nitrogens with zero attached hydrogens (tertiary/aromatic N) is 2. The zero-order valence-electron chi connectivity index (χ0n) is 16.0. The number of allylic oxidation sites excluding steroid dienone is 1. The van der Waals surface area contributed by atoms with E-state index >= 15 is 0 Å². The Balaban J connectivity index is 1.82. The van der Waals surface area contributed by atoms with Crippen LogP contribution in [0.1, 0.15) is 6.92 Å². The molecule has 29 heavy (non-hydrogen) atoms. The van der Waals surface area contributed by atoms with Gasteiger partial charge in [0.2, 0.25) is 0 Å². The number of rotatable bonds is 3. The van der Waals surface area contributed by atoms with Crippen LogP contribution in [0.3, 0.4) is 0 Å². The number of benzene rings is 2. The summed E-state index contributed by atoms with van der Waals surface area (Å²) in [5.74, 6) is 0.849. The number of H-pyrrole nitrogens is 1. The van der Waals surface area contributed by atoms with E-state index in [2.05, 4.69) is 11.7 Å². The molecule has 0 saturated carbocycles. The summed E-state index contributed by atoms with van der Waals surface area (Å²) in [4.78, 5) is 27.1. The Labute approximate surface area is 166 Å². The summed E-state index contributed by atoms with van der Waals surface area (Å²) >= 11 is 0. The van der Waals surface area contributed by atoms with Crippen LogP contribution in [0.5, 0.6) is 5.75 Å². The average Bonchev–Trinajstić information content (AvgIpc) is 3.02. The molecule has 146 valence electrons. The highest BCUT2D eigenvalue weighted by Crippen LogP contribution is 2.27. The molecule has 7 heteroatoms. The van der Waals surface area contributed by atoms with Crippen LogP contribution in [0.2, 0.25) is 0 Å². The predicted octanol–water partition coefficient (Wildman–Crippen LogP) is 2.25. The highest BCUT2D eigenvalue weighted by Gasteiger charge is 2.26. The number of carbonyl (C=O) groups excluding carboxylic acids is 1. The summed E-state index contributed by atoms with van der Waals surface area (Å²) < 4.78 is 12.0. The first-order chi connectivity index (χ1) is 14.0. The van der Waals surface area contributed by atoms with E-state index in [-0.39, 0.29) is 16.5 Å². The molecule has 2 aromatic carbocycles. The summed E-state index contributed by atoms with van der Waals surface area (Å²) in [6.07, 6.45) is 1.05. The Hall–Kier alpha value is -4.00. The number of hydrogen-bond acceptors (Lipinski definition) is 4. The number of amides is 1. The van der Waals surface area contributed by atoms with Gasteiger partial charge in [0, 0.05) is 11.8 Å². The molecule has 4 rings (SSSR count). The van der Waals surface area contributed by atoms with Gasteiger partial charge in [0.15, 0.2) is 0 Å². The summed E-state index contributed by atoms with van der Waals surface area (Å²) in [5.41, 5.74) is 1.57. The number of cyclic esters (lactones) is 1. The number of aromatic amines is 1. The summed E-state index contributed by atoms with van der Waals surface area (Å²) in [6, 6.07) is 16.1. The quantitative estimate of drug-likeness (QED) is 0.746. The molecule has 0 aliphatic carbocycles. The van der Waals surface area contributed by atoms with Crippen LogP contribution in [0.4, 0.5) is 10.5 Å². The highest BCUT2D eigenvalue weighted by atomic mass is 16.6. The van der Waals surface area contributed by atoms with Crippen LogP contribution in [0.25, 0.3) is 18.0 Å². The SMILES string of the molecule is C=c1[nH]n(-c2ccccc2)c(=O)/c1=C1\C=C(C)N(c2ccc(OC)cc2)C(=O)O1. The van der Waals surface area contributed by atoms with Crippen LogP contribution >= 0.6 is 0 Å². The molecule has 0 saturated heterocycles. The van der Waals surface area contributed by atoms with E-state index in [0.29, 0.717) is 28.2 Å². The van der Waals surface area contributed by atoms with Crippen molar-refractivity contribution in [2.45, 2.75) is 6.92 Å². The summed E-state index contributed by atoms with van der Waals surface area (Å²) in [7, 11) is 1.58. The van der Waals surface area contributed by atoms with Crippen molar-refractivity contribution in [3.63, 3.8) is 0 Å². The number of anilines is 1. The zero-order chi connectivity index (χ0) is 20.5. The van der Waals surface area contributed by atoms with Crippen LogP contribution < -0.4 is 25.8 Å². The third kappa shape index (κ3) is 3.23. The molecule has 0 fully saturated rings. The molecule has 2 heterocycles. The lowest BCUT2D eigenvalue weighted by Crippen LogP contribution is -2.41. The number of carbonyl (C=O) groups is 1. The third-order valence-electron chi connectivity index (χ3n) is 4.63. The number of ether oxygens (including phenoxy) is 2. The highest BCUT2D eigenvalue weighted by molar-refractivity contribution is 5.96. The number of nitrogens with one attached hydrogen (secondary N) is 1. The van der Waals surface area contributed by atoms with Crippen LogP contribution in [0, 0.1) is 0 Å². The van der Waals surface area contributed by atoms with E-state index in [0.717, 1.165) is 0 Å². The van der Waals surface area contributed by atoms with E-state index < -0.39 is 6.09 Å². The van der Waals surface area contributed by atoms with Crippen molar-refractivity contribution in [3.8, 4) is 11.4 Å². The lowest BCUT2D eigenvalue weighted by atomic mass is 10.2. The van der Waals surface area contributed by atoms with Gasteiger partial charge in [-0.15, -0.1) is 0 Å². The van der Waals surface area contributed by atoms with Crippen molar-refractivity contribution in [3.05, 3.63) is 87.3 Å². The number of para-hydroxylation sites is 1. The Morgan fingerprint density at radius 1 is 1.00 bits per heavy atom. The fraction of sp³-hybridized carbons (Fsp3) is 0.0909. The van der Waals surface area contributed by atoms with Crippen LogP contribution in [-0.4, -0.2) is 23.0 Å². The van der Waals surface area contributed by atoms with Gasteiger partial charge in [-0.05, 0) is 43.3 Å². The largest absolute Gasteiger partial charge is 0.497 e. The van der Waals surface area contributed by atoms with Crippen LogP contribution in [-0.2, 0) is 4.74 Å². The molecule has 7 nitrogen and oxygen atoms in total. The number of hydrogen-bond donors (Lipinski definition) is 1. The zero-order valence-corrected chi connectivity index (χ0v) is 16.0. The maximum absolute atomic E-state index is 12.9. The maximum Gasteiger partial charge on any atom is 0.424 e. The van der Waals surface area contributed by atoms with E-state index in [1.54, 1.807) is 56.5 Å². The van der Waals surface area contributed by atoms with Crippen molar-refractivity contribution in [1.29, 1.82) is 0 Å². The fourth-order valence-electron chi connectivity index (χ4n) is 3.23. The smallest absolute Gasteiger partial charge is 0.424 e. The van der Waals surface area contributed by atoms with E-state index in [9.17, 15) is 9.59 Å². The number of aromatic nitrogens is 2. The second-order valence-electron chi connectivity index (χ2n) is 6.49. The van der Waals surface area contributed by atoms with Crippen molar-refractivity contribution >= 4 is 24.1 Å². The Morgan fingerprint density at radius 3 is 2.31 bits per heavy atom. The van der Waals surface area contributed by atoms with Crippen molar-refractivity contribution in [2.75, 3.05) is 12.0 Å². The molecule has 0 spiro atoms. The lowest BCUT2D eigenvalue weighted by molar-refractivity contribution is 0.199. The van der Waals surface area contributed by atoms with E-state index in [4.69, 9.17) is 9.47 Å². The topological polar surface area (TPSA) is 76.6 Å². The average molecular weight is 389 g/mol. The van der Waals surface area contributed by atoms with Gasteiger partial charge in [-0.2, -0.15) is 0 Å². The van der Waals surface area contributed by atoms with Gasteiger partial charge in [0.1, 0.15) is 16.7 Å². The molecule has 1 aliphatic heterocycles. The van der Waals surface area contributed by atoms with Gasteiger partial charge in [0.25, 0.3) is 5.56 Å². The minimum Gasteiger partial charge on any atom is -0.497 e. The molecule has 0 unspecified atom stereocenters. The molecular formula is C22H19N3O4. The van der Waals surface area contributed by atoms with Gasteiger partial charge in [-0.1, -0.05) is 24.8 Å². The molecule has 1 N–H and O–H groups in total. The molecule has 0 radical (unpaired) electrons. The maximum atomic E-state index is 12.9. The van der Waals surface area contributed by atoms with E-state index in [1.165, 1.54) is 9.58 Å². The number of methoxy groups -OCH3 is 1. The van der Waals surface area contributed by atoms with Gasteiger partial charge < -0.3 is 9.47 Å². The van der Waals surface area contributed by atoms with E-state index in [1.807, 2.05) is 18.2 Å². The second-order valence-corrected chi connectivity index (χ2v) is 6.49.